The number of nitrogens with one attached hydrogen (secondary N) is 1. The lowest BCUT2D eigenvalue weighted by molar-refractivity contribution is -0.144. The molecule has 1 heterocycles. The van der Waals surface area contributed by atoms with Crippen molar-refractivity contribution in [3.63, 3.8) is 0 Å². The number of rotatable bonds is 4. The van der Waals surface area contributed by atoms with Gasteiger partial charge in [-0.1, -0.05) is 33.8 Å². The van der Waals surface area contributed by atoms with Gasteiger partial charge in [-0.15, -0.1) is 0 Å². The molecular weight excluding hydrogens is 269 g/mol. The molecule has 1 atom stereocenters. The lowest BCUT2D eigenvalue weighted by atomic mass is 9.86. The van der Waals surface area contributed by atoms with Gasteiger partial charge in [-0.05, 0) is 18.0 Å². The summed E-state index contributed by atoms with van der Waals surface area (Å²) < 4.78 is 39.7. The first-order valence-corrected chi connectivity index (χ1v) is 6.57. The highest BCUT2D eigenvalue weighted by Crippen LogP contribution is 2.29. The molecule has 0 aliphatic carbocycles. The zero-order valence-corrected chi connectivity index (χ0v) is 12.2. The first-order chi connectivity index (χ1) is 9.07. The van der Waals surface area contributed by atoms with Crippen molar-refractivity contribution in [2.45, 2.75) is 46.5 Å². The van der Waals surface area contributed by atoms with Crippen molar-refractivity contribution in [3.8, 4) is 0 Å². The highest BCUT2D eigenvalue weighted by atomic mass is 19.4. The molecule has 0 spiro atoms. The summed E-state index contributed by atoms with van der Waals surface area (Å²) in [7, 11) is 0. The first kappa shape index (κ1) is 16.8. The number of hydrogen-bond acceptors (Lipinski definition) is 2. The van der Waals surface area contributed by atoms with Gasteiger partial charge in [0.1, 0.15) is 5.69 Å². The number of nitrogens with zero attached hydrogens (tertiary/aromatic N) is 1. The molecule has 1 aromatic heterocycles. The van der Waals surface area contributed by atoms with Crippen LogP contribution < -0.4 is 10.9 Å². The van der Waals surface area contributed by atoms with Crippen LogP contribution in [0.4, 0.5) is 13.2 Å². The van der Waals surface area contributed by atoms with Crippen LogP contribution >= 0.6 is 0 Å². The van der Waals surface area contributed by atoms with Gasteiger partial charge in [0, 0.05) is 18.7 Å². The van der Waals surface area contributed by atoms with Gasteiger partial charge < -0.3 is 9.88 Å². The van der Waals surface area contributed by atoms with Gasteiger partial charge >= 0.3 is 6.18 Å². The van der Waals surface area contributed by atoms with Crippen molar-refractivity contribution in [3.05, 3.63) is 34.2 Å². The van der Waals surface area contributed by atoms with E-state index in [0.29, 0.717) is 6.54 Å². The minimum Gasteiger partial charge on any atom is -0.312 e. The molecule has 6 heteroatoms. The van der Waals surface area contributed by atoms with Crippen LogP contribution in [0, 0.1) is 5.41 Å². The summed E-state index contributed by atoms with van der Waals surface area (Å²) in [6.45, 7) is 8.30. The Morgan fingerprint density at radius 3 is 2.30 bits per heavy atom. The molecular formula is C14H21F3N2O. The van der Waals surface area contributed by atoms with Crippen LogP contribution in [-0.2, 0) is 12.7 Å². The van der Waals surface area contributed by atoms with Gasteiger partial charge in [0.05, 0.1) is 0 Å². The summed E-state index contributed by atoms with van der Waals surface area (Å²) in [5.74, 6) is 0. The summed E-state index contributed by atoms with van der Waals surface area (Å²) in [6, 6.07) is 3.00. The van der Waals surface area contributed by atoms with E-state index in [4.69, 9.17) is 0 Å². The number of halogens is 3. The van der Waals surface area contributed by atoms with Crippen molar-refractivity contribution in [1.29, 1.82) is 0 Å². The minimum absolute atomic E-state index is 0.00808. The Labute approximate surface area is 116 Å². The Balaban J connectivity index is 3.22. The number of aromatic nitrogens is 1. The molecule has 20 heavy (non-hydrogen) atoms. The van der Waals surface area contributed by atoms with Crippen LogP contribution in [0.15, 0.2) is 23.0 Å². The number of likely N-dealkylation sites (N-methyl/N-ethyl adjacent to an activating group) is 1. The van der Waals surface area contributed by atoms with Gasteiger partial charge in [-0.2, -0.15) is 13.2 Å². The third-order valence-corrected chi connectivity index (χ3v) is 3.20. The molecule has 0 aliphatic rings. The first-order valence-electron chi connectivity index (χ1n) is 6.57. The molecule has 0 bridgehead atoms. The summed E-state index contributed by atoms with van der Waals surface area (Å²) in [5.41, 5.74) is -1.79. The van der Waals surface area contributed by atoms with E-state index in [-0.39, 0.29) is 18.0 Å². The lowest BCUT2D eigenvalue weighted by Crippen LogP contribution is -2.46. The van der Waals surface area contributed by atoms with E-state index in [1.54, 1.807) is 0 Å². The highest BCUT2D eigenvalue weighted by Gasteiger charge is 2.35. The van der Waals surface area contributed by atoms with Gasteiger partial charge in [-0.25, -0.2) is 0 Å². The summed E-state index contributed by atoms with van der Waals surface area (Å²) in [4.78, 5) is 11.8. The van der Waals surface area contributed by atoms with E-state index >= 15 is 0 Å². The van der Waals surface area contributed by atoms with Crippen LogP contribution in [-0.4, -0.2) is 17.2 Å². The lowest BCUT2D eigenvalue weighted by Gasteiger charge is -2.32. The van der Waals surface area contributed by atoms with E-state index < -0.39 is 17.4 Å². The van der Waals surface area contributed by atoms with Gasteiger partial charge in [-0.3, -0.25) is 4.79 Å². The molecule has 1 aromatic rings. The van der Waals surface area contributed by atoms with Gasteiger partial charge in [0.25, 0.3) is 5.56 Å². The van der Waals surface area contributed by atoms with Gasteiger partial charge in [0.15, 0.2) is 0 Å². The Morgan fingerprint density at radius 2 is 1.85 bits per heavy atom. The molecule has 0 amide bonds. The van der Waals surface area contributed by atoms with Crippen LogP contribution in [0.3, 0.4) is 0 Å². The maximum atomic E-state index is 13.0. The molecule has 0 saturated carbocycles. The third kappa shape index (κ3) is 4.10. The summed E-state index contributed by atoms with van der Waals surface area (Å²) in [5, 5.41) is 3.15. The van der Waals surface area contributed by atoms with Crippen molar-refractivity contribution in [1.82, 2.24) is 9.88 Å². The zero-order valence-electron chi connectivity index (χ0n) is 12.2. The average Bonchev–Trinajstić information content (AvgIpc) is 2.28. The fourth-order valence-electron chi connectivity index (χ4n) is 2.03. The third-order valence-electron chi connectivity index (χ3n) is 3.20. The topological polar surface area (TPSA) is 34.0 Å². The van der Waals surface area contributed by atoms with Crippen molar-refractivity contribution in [2.24, 2.45) is 5.41 Å². The number of pyridine rings is 1. The normalized spacial score (nSPS) is 14.3. The highest BCUT2D eigenvalue weighted by molar-refractivity contribution is 5.10. The number of alkyl halides is 3. The molecule has 0 fully saturated rings. The minimum atomic E-state index is -4.53. The van der Waals surface area contributed by atoms with Crippen LogP contribution in [0.25, 0.3) is 0 Å². The maximum Gasteiger partial charge on any atom is 0.431 e. The second kappa shape index (κ2) is 5.99. The smallest absolute Gasteiger partial charge is 0.312 e. The fraction of sp³-hybridized carbons (Fsp3) is 0.643. The average molecular weight is 290 g/mol. The Kier molecular flexibility index (Phi) is 5.02. The van der Waals surface area contributed by atoms with Crippen LogP contribution in [0.5, 0.6) is 0 Å². The summed E-state index contributed by atoms with van der Waals surface area (Å²) in [6.07, 6.45) is -4.53. The zero-order chi connectivity index (χ0) is 15.6. The van der Waals surface area contributed by atoms with E-state index in [9.17, 15) is 18.0 Å². The maximum absolute atomic E-state index is 13.0. The molecule has 0 radical (unpaired) electrons. The molecule has 0 aromatic carbocycles. The van der Waals surface area contributed by atoms with Crippen molar-refractivity contribution >= 4 is 0 Å². The number of hydrogen-bond donors (Lipinski definition) is 1. The predicted octanol–water partition coefficient (Wildman–Crippen LogP) is 2.89. The van der Waals surface area contributed by atoms with E-state index in [0.717, 1.165) is 22.8 Å². The quantitative estimate of drug-likeness (QED) is 0.925. The molecule has 3 nitrogen and oxygen atoms in total. The fourth-order valence-corrected chi connectivity index (χ4v) is 2.03. The van der Waals surface area contributed by atoms with Crippen molar-refractivity contribution in [2.75, 3.05) is 6.54 Å². The van der Waals surface area contributed by atoms with Crippen molar-refractivity contribution < 1.29 is 13.2 Å². The second-order valence-corrected chi connectivity index (χ2v) is 5.83. The predicted molar refractivity (Wildman–Crippen MR) is 72.6 cm³/mol. The van der Waals surface area contributed by atoms with Crippen LogP contribution in [0.2, 0.25) is 0 Å². The SMILES string of the molecule is CCNC(Cn1c(C(F)(F)F)cccc1=O)C(C)(C)C. The standard InChI is InChI=1S/C14H21F3N2O/c1-5-18-10(13(2,3)4)9-19-11(14(15,16)17)7-6-8-12(19)20/h6-8,10,18H,5,9H2,1-4H3. The molecule has 0 aliphatic heterocycles. The van der Waals surface area contributed by atoms with Gasteiger partial charge in [0.2, 0.25) is 0 Å². The molecule has 1 rings (SSSR count). The summed E-state index contributed by atoms with van der Waals surface area (Å²) >= 11 is 0. The largest absolute Gasteiger partial charge is 0.431 e. The molecule has 114 valence electrons. The second-order valence-electron chi connectivity index (χ2n) is 5.83. The van der Waals surface area contributed by atoms with Crippen LogP contribution in [0.1, 0.15) is 33.4 Å². The Morgan fingerprint density at radius 1 is 1.25 bits per heavy atom. The van der Waals surface area contributed by atoms with E-state index in [1.165, 1.54) is 0 Å². The Bertz CT molecular complexity index is 500. The van der Waals surface area contributed by atoms with E-state index in [2.05, 4.69) is 5.32 Å². The van der Waals surface area contributed by atoms with E-state index in [1.807, 2.05) is 27.7 Å². The molecule has 1 unspecified atom stereocenters. The molecule has 1 N–H and O–H groups in total. The monoisotopic (exact) mass is 290 g/mol. The molecule has 0 saturated heterocycles. The Hall–Kier alpha value is -1.30.